The molecule has 3 rings (SSSR count). The van der Waals surface area contributed by atoms with E-state index in [1.54, 1.807) is 0 Å². The number of aliphatic imine (C=N–C) groups is 1. The van der Waals surface area contributed by atoms with Gasteiger partial charge in [-0.1, -0.05) is 45.7 Å². The lowest BCUT2D eigenvalue weighted by atomic mass is 9.90. The fraction of sp³-hybridized carbons (Fsp3) is 0.188. The van der Waals surface area contributed by atoms with Gasteiger partial charge in [0.05, 0.1) is 12.1 Å². The Bertz CT molecular complexity index is 716. The quantitative estimate of drug-likeness (QED) is 0.869. The maximum Gasteiger partial charge on any atom is 0.196 e. The van der Waals surface area contributed by atoms with E-state index in [9.17, 15) is 0 Å². The van der Waals surface area contributed by atoms with E-state index in [4.69, 9.17) is 17.3 Å². The average molecular weight is 365 g/mol. The van der Waals surface area contributed by atoms with Crippen molar-refractivity contribution in [3.63, 3.8) is 0 Å². The summed E-state index contributed by atoms with van der Waals surface area (Å²) in [7, 11) is 0. The van der Waals surface area contributed by atoms with Crippen molar-refractivity contribution in [2.75, 3.05) is 11.4 Å². The summed E-state index contributed by atoms with van der Waals surface area (Å²) in [6, 6.07) is 15.9. The smallest absolute Gasteiger partial charge is 0.196 e. The van der Waals surface area contributed by atoms with Gasteiger partial charge in [-0.15, -0.1) is 0 Å². The Balaban J connectivity index is 2.10. The van der Waals surface area contributed by atoms with Crippen LogP contribution in [0.25, 0.3) is 0 Å². The van der Waals surface area contributed by atoms with Crippen LogP contribution in [0.4, 0.5) is 5.69 Å². The van der Waals surface area contributed by atoms with Crippen LogP contribution in [0.3, 0.4) is 0 Å². The molecule has 1 aliphatic rings. The van der Waals surface area contributed by atoms with Crippen molar-refractivity contribution in [2.45, 2.75) is 12.5 Å². The molecule has 0 aliphatic carbocycles. The largest absolute Gasteiger partial charge is 0.369 e. The van der Waals surface area contributed by atoms with Gasteiger partial charge in [0.2, 0.25) is 0 Å². The van der Waals surface area contributed by atoms with E-state index in [0.29, 0.717) is 17.5 Å². The van der Waals surface area contributed by atoms with Gasteiger partial charge in [0, 0.05) is 15.2 Å². The minimum absolute atomic E-state index is 0.338. The second-order valence-corrected chi connectivity index (χ2v) is 6.63. The lowest BCUT2D eigenvalue weighted by Gasteiger charge is -2.36. The molecule has 0 bridgehead atoms. The van der Waals surface area contributed by atoms with Crippen LogP contribution in [0, 0.1) is 0 Å². The summed E-state index contributed by atoms with van der Waals surface area (Å²) in [5, 5.41) is 0.716. The second kappa shape index (κ2) is 5.35. The maximum absolute atomic E-state index is 6.15. The highest BCUT2D eigenvalue weighted by atomic mass is 79.9. The maximum atomic E-state index is 6.15. The molecule has 0 radical (unpaired) electrons. The SMILES string of the molecule is CC1(c2cccc(Cl)c2)CN=C(N)N1c1cccc(Br)c1. The molecule has 0 aromatic heterocycles. The molecule has 108 valence electrons. The van der Waals surface area contributed by atoms with E-state index in [1.165, 1.54) is 0 Å². The predicted octanol–water partition coefficient (Wildman–Crippen LogP) is 4.15. The second-order valence-electron chi connectivity index (χ2n) is 5.27. The molecule has 0 saturated carbocycles. The van der Waals surface area contributed by atoms with E-state index in [2.05, 4.69) is 38.8 Å². The number of nitrogens with zero attached hydrogens (tertiary/aromatic N) is 2. The van der Waals surface area contributed by atoms with Gasteiger partial charge >= 0.3 is 0 Å². The van der Waals surface area contributed by atoms with E-state index < -0.39 is 0 Å². The molecule has 0 fully saturated rings. The number of rotatable bonds is 2. The van der Waals surface area contributed by atoms with Crippen molar-refractivity contribution in [3.8, 4) is 0 Å². The molecule has 1 atom stereocenters. The summed E-state index contributed by atoms with van der Waals surface area (Å²) in [5.74, 6) is 0.524. The van der Waals surface area contributed by atoms with Gasteiger partial charge < -0.3 is 10.6 Å². The molecule has 1 unspecified atom stereocenters. The van der Waals surface area contributed by atoms with Crippen LogP contribution in [0.15, 0.2) is 58.0 Å². The molecule has 2 N–H and O–H groups in total. The first kappa shape index (κ1) is 14.4. The summed E-state index contributed by atoms with van der Waals surface area (Å²) >= 11 is 9.65. The predicted molar refractivity (Wildman–Crippen MR) is 91.9 cm³/mol. The fourth-order valence-electron chi connectivity index (χ4n) is 2.71. The first-order valence-corrected chi connectivity index (χ1v) is 7.79. The zero-order chi connectivity index (χ0) is 15.0. The Morgan fingerprint density at radius 1 is 1.24 bits per heavy atom. The summed E-state index contributed by atoms with van der Waals surface area (Å²) in [4.78, 5) is 6.50. The van der Waals surface area contributed by atoms with Gasteiger partial charge in [-0.2, -0.15) is 0 Å². The van der Waals surface area contributed by atoms with E-state index >= 15 is 0 Å². The summed E-state index contributed by atoms with van der Waals surface area (Å²) in [6.45, 7) is 2.73. The molecule has 3 nitrogen and oxygen atoms in total. The number of hydrogen-bond donors (Lipinski definition) is 1. The third kappa shape index (κ3) is 2.54. The van der Waals surface area contributed by atoms with Crippen LogP contribution in [-0.2, 0) is 5.54 Å². The summed E-state index contributed by atoms with van der Waals surface area (Å²) in [5.41, 5.74) is 7.90. The van der Waals surface area contributed by atoms with Crippen LogP contribution >= 0.6 is 27.5 Å². The summed E-state index contributed by atoms with van der Waals surface area (Å²) in [6.07, 6.45) is 0. The number of benzene rings is 2. The normalized spacial score (nSPS) is 21.5. The highest BCUT2D eigenvalue weighted by Crippen LogP contribution is 2.38. The Kier molecular flexibility index (Phi) is 3.68. The fourth-order valence-corrected chi connectivity index (χ4v) is 3.28. The van der Waals surface area contributed by atoms with E-state index in [1.807, 2.05) is 42.5 Å². The van der Waals surface area contributed by atoms with Crippen LogP contribution in [-0.4, -0.2) is 12.5 Å². The zero-order valence-corrected chi connectivity index (χ0v) is 13.9. The number of guanidine groups is 1. The first-order chi connectivity index (χ1) is 10.0. The third-order valence-electron chi connectivity index (χ3n) is 3.78. The number of hydrogen-bond acceptors (Lipinski definition) is 3. The Labute approximate surface area is 137 Å². The molecule has 21 heavy (non-hydrogen) atoms. The monoisotopic (exact) mass is 363 g/mol. The average Bonchev–Trinajstić information content (AvgIpc) is 2.76. The molecular weight excluding hydrogens is 350 g/mol. The Morgan fingerprint density at radius 3 is 2.71 bits per heavy atom. The lowest BCUT2D eigenvalue weighted by molar-refractivity contribution is 0.533. The Morgan fingerprint density at radius 2 is 2.00 bits per heavy atom. The van der Waals surface area contributed by atoms with Crippen LogP contribution in [0.1, 0.15) is 12.5 Å². The van der Waals surface area contributed by atoms with E-state index in [0.717, 1.165) is 15.7 Å². The highest BCUT2D eigenvalue weighted by molar-refractivity contribution is 9.10. The number of anilines is 1. The molecule has 0 amide bonds. The van der Waals surface area contributed by atoms with Gasteiger partial charge in [-0.05, 0) is 42.8 Å². The van der Waals surface area contributed by atoms with Crippen LogP contribution < -0.4 is 10.6 Å². The first-order valence-electron chi connectivity index (χ1n) is 6.62. The minimum Gasteiger partial charge on any atom is -0.369 e. The van der Waals surface area contributed by atoms with Crippen molar-refractivity contribution in [3.05, 3.63) is 63.6 Å². The molecule has 2 aromatic rings. The van der Waals surface area contributed by atoms with Gasteiger partial charge in [0.1, 0.15) is 0 Å². The molecule has 2 aromatic carbocycles. The molecule has 0 spiro atoms. The van der Waals surface area contributed by atoms with Crippen molar-refractivity contribution in [2.24, 2.45) is 10.7 Å². The summed E-state index contributed by atoms with van der Waals surface area (Å²) < 4.78 is 1.01. The van der Waals surface area contributed by atoms with Crippen molar-refractivity contribution in [1.82, 2.24) is 0 Å². The third-order valence-corrected chi connectivity index (χ3v) is 4.51. The van der Waals surface area contributed by atoms with Gasteiger partial charge in [0.25, 0.3) is 0 Å². The van der Waals surface area contributed by atoms with Gasteiger partial charge in [-0.25, -0.2) is 0 Å². The molecule has 5 heteroatoms. The minimum atomic E-state index is -0.338. The van der Waals surface area contributed by atoms with Crippen LogP contribution in [0.2, 0.25) is 5.02 Å². The molecule has 1 aliphatic heterocycles. The topological polar surface area (TPSA) is 41.6 Å². The molecular formula is C16H15BrClN3. The van der Waals surface area contributed by atoms with Crippen LogP contribution in [0.5, 0.6) is 0 Å². The van der Waals surface area contributed by atoms with Crippen molar-refractivity contribution < 1.29 is 0 Å². The lowest BCUT2D eigenvalue weighted by Crippen LogP contribution is -2.47. The highest BCUT2D eigenvalue weighted by Gasteiger charge is 2.40. The Hall–Kier alpha value is -1.52. The van der Waals surface area contributed by atoms with Gasteiger partial charge in [0.15, 0.2) is 5.96 Å². The molecule has 0 saturated heterocycles. The van der Waals surface area contributed by atoms with E-state index in [-0.39, 0.29) is 5.54 Å². The zero-order valence-electron chi connectivity index (χ0n) is 11.6. The number of nitrogens with two attached hydrogens (primary N) is 1. The standard InChI is InChI=1S/C16H15BrClN3/c1-16(11-4-2-6-13(18)8-11)10-20-15(19)21(16)14-7-3-5-12(17)9-14/h2-9H,10H2,1H3,(H2,19,20). The van der Waals surface area contributed by atoms with Gasteiger partial charge in [-0.3, -0.25) is 4.99 Å². The number of halogens is 2. The molecule has 1 heterocycles. The van der Waals surface area contributed by atoms with Crippen molar-refractivity contribution in [1.29, 1.82) is 0 Å². The van der Waals surface area contributed by atoms with Crippen molar-refractivity contribution >= 4 is 39.2 Å².